The van der Waals surface area contributed by atoms with Crippen molar-refractivity contribution in [2.75, 3.05) is 18.9 Å². The summed E-state index contributed by atoms with van der Waals surface area (Å²) < 4.78 is 131. The number of hydrogen-bond donors (Lipinski definition) is 12. The van der Waals surface area contributed by atoms with Crippen molar-refractivity contribution in [1.29, 1.82) is 0 Å². The molecular formula is C20H33F2N5O24P6S3. The number of H-pyrrole nitrogens is 1. The van der Waals surface area contributed by atoms with Gasteiger partial charge in [0.05, 0.1) is 25.4 Å². The Bertz CT molecular complexity index is 2380. The van der Waals surface area contributed by atoms with E-state index < -0.39 is 126 Å². The molecule has 2 aromatic heterocycles. The van der Waals surface area contributed by atoms with Crippen molar-refractivity contribution >= 4 is 89.4 Å². The summed E-state index contributed by atoms with van der Waals surface area (Å²) in [7, 11) is -33.2. The normalized spacial score (nSPS) is 28.8. The van der Waals surface area contributed by atoms with Gasteiger partial charge in [-0.2, -0.15) is 22.2 Å². The molecule has 6 unspecified atom stereocenters. The highest BCUT2D eigenvalue weighted by atomic mass is 32.1. The Morgan fingerprint density at radius 2 is 1.08 bits per heavy atom. The summed E-state index contributed by atoms with van der Waals surface area (Å²) in [6, 6.07) is 0. The molecule has 4 heterocycles. The molecule has 0 radical (unpaired) electrons. The molecule has 2 aliphatic heterocycles. The number of halogens is 2. The van der Waals surface area contributed by atoms with Crippen LogP contribution in [0.5, 0.6) is 0 Å². The summed E-state index contributed by atoms with van der Waals surface area (Å²) in [6.07, 6.45) is -5.57. The number of nitrogen functional groups attached to an aromatic ring is 1. The van der Waals surface area contributed by atoms with Crippen molar-refractivity contribution in [3.05, 3.63) is 38.2 Å². The molecule has 2 fully saturated rings. The summed E-state index contributed by atoms with van der Waals surface area (Å²) in [5.74, 6) is -3.66. The first-order chi connectivity index (χ1) is 27.0. The average molecular weight is 1050 g/mol. The predicted octanol–water partition coefficient (Wildman–Crippen LogP) is 2.22. The number of hydrogen-bond acceptors (Lipinski definition) is 21. The summed E-state index contributed by atoms with van der Waals surface area (Å²) in [4.78, 5) is 77.1. The molecule has 0 aromatic carbocycles. The van der Waals surface area contributed by atoms with Crippen LogP contribution in [0.1, 0.15) is 26.3 Å². The fraction of sp³-hybridized carbons (Fsp3) is 0.600. The number of phosphoric acid groups is 6. The molecule has 12 atom stereocenters. The van der Waals surface area contributed by atoms with Crippen LogP contribution in [-0.2, 0) is 63.2 Å². The van der Waals surface area contributed by atoms with Crippen LogP contribution in [0.25, 0.3) is 0 Å². The number of ether oxygens (including phenoxy) is 2. The molecule has 0 amide bonds. The number of aliphatic hydroxyl groups excluding tert-OH is 2. The van der Waals surface area contributed by atoms with Gasteiger partial charge >= 0.3 is 46.9 Å². The standard InChI is InChI=1S/C10H17FN3O12P3S.C10H16FN2O12P3S2/c1-4-7(15)6(24-9(4)14-2-5(11)8(12)13-10(14)30)3-23-28(19,20)26-29(21,22)25-27(16,17)18;1-4-7(14)6(23-9(4)13-2-5(11)8(29)12-10(13)30)3-22-27(18,19)25-28(20,21)24-26(15,16)17/h2,4,6-7,9,15H,3H2,1H3,(H,19,20)(H,21,22)(H2,12,13,30)(H2,16,17,18);2,4,6-7,9,14H,3H2,1H3,(H,18,19)(H,20,21)(H,12,29,30)(H2,15,16,17)/t2*4?,6-,7-,9-/m11/s1. The van der Waals surface area contributed by atoms with Crippen molar-refractivity contribution in [3.63, 3.8) is 0 Å². The first kappa shape index (κ1) is 53.5. The van der Waals surface area contributed by atoms with Gasteiger partial charge in [-0.15, -0.1) is 0 Å². The lowest BCUT2D eigenvalue weighted by Gasteiger charge is -2.20. The Kier molecular flexibility index (Phi) is 17.9. The molecule has 0 spiro atoms. The Balaban J connectivity index is 0.000000320. The molecule has 4 rings (SSSR count). The third kappa shape index (κ3) is 15.7. The number of phosphoric ester groups is 2. The highest BCUT2D eigenvalue weighted by molar-refractivity contribution is 7.72. The van der Waals surface area contributed by atoms with E-state index in [2.05, 4.69) is 36.3 Å². The number of nitrogens with two attached hydrogens (primary N) is 1. The average Bonchev–Trinajstić information content (AvgIpc) is 3.48. The molecular weight excluding hydrogens is 1010 g/mol. The zero-order valence-corrected chi connectivity index (χ0v) is 37.3. The van der Waals surface area contributed by atoms with E-state index in [0.717, 1.165) is 21.5 Å². The van der Waals surface area contributed by atoms with Crippen LogP contribution in [0.3, 0.4) is 0 Å². The fourth-order valence-electron chi connectivity index (χ4n) is 4.93. The molecule has 13 N–H and O–H groups in total. The fourth-order valence-corrected chi connectivity index (χ4v) is 11.7. The third-order valence-corrected chi connectivity index (χ3v) is 15.9. The van der Waals surface area contributed by atoms with Crippen LogP contribution in [0.4, 0.5) is 14.6 Å². The lowest BCUT2D eigenvalue weighted by molar-refractivity contribution is -0.0464. The second kappa shape index (κ2) is 20.1. The maximum Gasteiger partial charge on any atom is 0.490 e. The van der Waals surface area contributed by atoms with Crippen molar-refractivity contribution < 1.29 is 121 Å². The smallest absolute Gasteiger partial charge is 0.390 e. The number of aliphatic hydroxyl groups is 2. The Hall–Kier alpha value is -0.860. The van der Waals surface area contributed by atoms with Gasteiger partial charge in [0, 0.05) is 24.2 Å². The number of rotatable bonds is 16. The zero-order chi connectivity index (χ0) is 46.1. The molecule has 60 heavy (non-hydrogen) atoms. The largest absolute Gasteiger partial charge is 0.490 e. The van der Waals surface area contributed by atoms with Gasteiger partial charge in [0.15, 0.2) is 22.2 Å². The van der Waals surface area contributed by atoms with Crippen LogP contribution in [0, 0.1) is 37.7 Å². The lowest BCUT2D eigenvalue weighted by Crippen LogP contribution is -2.29. The van der Waals surface area contributed by atoms with Gasteiger partial charge in [-0.25, -0.2) is 36.2 Å². The van der Waals surface area contributed by atoms with E-state index in [1.54, 1.807) is 0 Å². The zero-order valence-electron chi connectivity index (χ0n) is 29.5. The monoisotopic (exact) mass is 1050 g/mol. The topological polar surface area (TPSA) is 443 Å². The minimum atomic E-state index is -5.69. The van der Waals surface area contributed by atoms with E-state index in [9.17, 15) is 56.2 Å². The highest BCUT2D eigenvalue weighted by Gasteiger charge is 2.47. The molecule has 2 saturated heterocycles. The first-order valence-electron chi connectivity index (χ1n) is 15.3. The summed E-state index contributed by atoms with van der Waals surface area (Å²) in [5, 5.41) is 20.5. The van der Waals surface area contributed by atoms with E-state index in [0.29, 0.717) is 0 Å². The van der Waals surface area contributed by atoms with E-state index in [1.165, 1.54) is 13.8 Å². The number of aromatic amines is 1. The van der Waals surface area contributed by atoms with Crippen molar-refractivity contribution in [3.8, 4) is 0 Å². The van der Waals surface area contributed by atoms with Gasteiger partial charge in [-0.05, 0) is 24.4 Å². The van der Waals surface area contributed by atoms with Crippen molar-refractivity contribution in [2.45, 2.75) is 50.7 Å². The van der Waals surface area contributed by atoms with E-state index in [1.807, 2.05) is 0 Å². The Morgan fingerprint density at radius 3 is 1.48 bits per heavy atom. The molecule has 29 nitrogen and oxygen atoms in total. The number of anilines is 1. The van der Waals surface area contributed by atoms with Gasteiger partial charge in [-0.3, -0.25) is 18.2 Å². The predicted molar refractivity (Wildman–Crippen MR) is 196 cm³/mol. The Labute approximate surface area is 348 Å². The maximum absolute atomic E-state index is 13.8. The second-order valence-electron chi connectivity index (χ2n) is 11.9. The first-order valence-corrected chi connectivity index (χ1v) is 25.6. The highest BCUT2D eigenvalue weighted by Crippen LogP contribution is 2.67. The molecule has 0 bridgehead atoms. The minimum absolute atomic E-state index is 0.0287. The molecule has 344 valence electrons. The quantitative estimate of drug-likeness (QED) is 0.0847. The van der Waals surface area contributed by atoms with Gasteiger partial charge in [0.1, 0.15) is 29.3 Å². The summed E-state index contributed by atoms with van der Waals surface area (Å²) >= 11 is 14.7. The van der Waals surface area contributed by atoms with E-state index in [4.69, 9.17) is 81.2 Å². The number of nitrogens with zero attached hydrogens (tertiary/aromatic N) is 3. The lowest BCUT2D eigenvalue weighted by atomic mass is 10.0. The van der Waals surface area contributed by atoms with Crippen LogP contribution < -0.4 is 5.73 Å². The van der Waals surface area contributed by atoms with Gasteiger partial charge in [0.25, 0.3) is 0 Å². The van der Waals surface area contributed by atoms with Gasteiger partial charge in [0.2, 0.25) is 4.77 Å². The second-order valence-corrected chi connectivity index (χ2v) is 21.9. The van der Waals surface area contributed by atoms with Crippen molar-refractivity contribution in [1.82, 2.24) is 19.1 Å². The number of aromatic nitrogens is 4. The SMILES string of the molecule is CC1[C@@H](O)[C@@H](COP(=O)(O)OP(=O)(O)OP(=O)(O)O)O[C@H]1n1cc(F)c(=S)[nH]c1=S.CC1[C@@H](O)[C@@H](COP(=O)(O)OP(=O)(O)OP(=O)(O)O)O[C@H]1n1cc(F)c(N)nc1=S. The van der Waals surface area contributed by atoms with E-state index >= 15 is 0 Å². The molecule has 0 saturated carbocycles. The van der Waals surface area contributed by atoms with Gasteiger partial charge in [-0.1, -0.05) is 26.1 Å². The summed E-state index contributed by atoms with van der Waals surface area (Å²) in [5.41, 5.74) is 5.31. The third-order valence-electron chi connectivity index (χ3n) is 7.41. The van der Waals surface area contributed by atoms with Crippen molar-refractivity contribution in [2.24, 2.45) is 11.8 Å². The maximum atomic E-state index is 13.8. The number of nitrogens with one attached hydrogen (secondary N) is 1. The van der Waals surface area contributed by atoms with Gasteiger partial charge < -0.3 is 69.6 Å². The molecule has 2 aromatic rings. The minimum Gasteiger partial charge on any atom is -0.390 e. The summed E-state index contributed by atoms with van der Waals surface area (Å²) in [6.45, 7) is 1.23. The van der Waals surface area contributed by atoms with E-state index in [-0.39, 0.29) is 14.2 Å². The van der Waals surface area contributed by atoms with Crippen LogP contribution in [-0.4, -0.2) is 106 Å². The van der Waals surface area contributed by atoms with Crippen LogP contribution >= 0.6 is 83.6 Å². The Morgan fingerprint density at radius 1 is 0.700 bits per heavy atom. The molecule has 2 aliphatic rings. The molecule has 0 aliphatic carbocycles. The van der Waals surface area contributed by atoms with Crippen LogP contribution in [0.2, 0.25) is 0 Å². The van der Waals surface area contributed by atoms with Crippen LogP contribution in [0.15, 0.2) is 12.4 Å². The molecule has 40 heteroatoms.